The number of fused-ring (bicyclic) bond motifs is 1. The topological polar surface area (TPSA) is 71.3 Å². The van der Waals surface area contributed by atoms with Gasteiger partial charge in [-0.25, -0.2) is 10.4 Å². The van der Waals surface area contributed by atoms with Gasteiger partial charge in [0.25, 0.3) is 5.91 Å². The number of carbonyl (C=O) groups is 1. The quantitative estimate of drug-likeness (QED) is 0.494. The fourth-order valence-electron chi connectivity index (χ4n) is 3.17. The Hall–Kier alpha value is -2.67. The maximum Gasteiger partial charge on any atom is 0.262 e. The second-order valence-electron chi connectivity index (χ2n) is 6.88. The van der Waals surface area contributed by atoms with Crippen LogP contribution in [0.1, 0.15) is 43.8 Å². The lowest BCUT2D eigenvalue weighted by molar-refractivity contribution is -0.121. The highest BCUT2D eigenvalue weighted by molar-refractivity contribution is 7.22. The highest BCUT2D eigenvalue weighted by atomic mass is 32.1. The molecular formula is C20H25N5OS. The first-order valence-electron chi connectivity index (χ1n) is 9.00. The Bertz CT molecular complexity index is 953. The van der Waals surface area contributed by atoms with Gasteiger partial charge in [-0.1, -0.05) is 23.5 Å². The Kier molecular flexibility index (Phi) is 5.60. The van der Waals surface area contributed by atoms with Gasteiger partial charge in [0.05, 0.1) is 16.4 Å². The Labute approximate surface area is 163 Å². The van der Waals surface area contributed by atoms with Gasteiger partial charge in [0.2, 0.25) is 0 Å². The number of carbonyl (C=O) groups excluding carboxylic acids is 1. The number of nitrogens with one attached hydrogen (secondary N) is 2. The van der Waals surface area contributed by atoms with Gasteiger partial charge >= 0.3 is 0 Å². The van der Waals surface area contributed by atoms with E-state index in [1.54, 1.807) is 13.1 Å². The standard InChI is InChI=1S/C20H25N5OS/c1-12(2)25-13(3)10-16(15(25)5)11-21-24-19(26)14(4)22-20-23-17-8-6-7-9-18(17)27-20/h6-12,14H,1-5H3,(H,22,23)(H,24,26)/b21-11-/t14-/m1/s1. The Morgan fingerprint density at radius 1 is 1.26 bits per heavy atom. The molecule has 27 heavy (non-hydrogen) atoms. The maximum atomic E-state index is 12.3. The van der Waals surface area contributed by atoms with Crippen molar-refractivity contribution in [2.24, 2.45) is 5.10 Å². The predicted octanol–water partition coefficient (Wildman–Crippen LogP) is 4.25. The summed E-state index contributed by atoms with van der Waals surface area (Å²) >= 11 is 1.53. The van der Waals surface area contributed by atoms with Crippen molar-refractivity contribution >= 4 is 38.8 Å². The summed E-state index contributed by atoms with van der Waals surface area (Å²) in [7, 11) is 0. The van der Waals surface area contributed by atoms with E-state index in [1.807, 2.05) is 24.3 Å². The summed E-state index contributed by atoms with van der Waals surface area (Å²) in [6.07, 6.45) is 1.70. The minimum atomic E-state index is -0.439. The molecule has 2 aromatic heterocycles. The Morgan fingerprint density at radius 2 is 2.00 bits per heavy atom. The van der Waals surface area contributed by atoms with Crippen LogP contribution in [-0.4, -0.2) is 27.7 Å². The molecule has 0 radical (unpaired) electrons. The van der Waals surface area contributed by atoms with Crippen LogP contribution in [0.3, 0.4) is 0 Å². The lowest BCUT2D eigenvalue weighted by Crippen LogP contribution is -2.34. The first kappa shape index (κ1) is 19.1. The maximum absolute atomic E-state index is 12.3. The van der Waals surface area contributed by atoms with E-state index < -0.39 is 6.04 Å². The third kappa shape index (κ3) is 4.19. The molecule has 0 saturated heterocycles. The van der Waals surface area contributed by atoms with Crippen LogP contribution in [0.4, 0.5) is 5.13 Å². The second-order valence-corrected chi connectivity index (χ2v) is 7.91. The smallest absolute Gasteiger partial charge is 0.262 e. The van der Waals surface area contributed by atoms with Crippen LogP contribution in [0.2, 0.25) is 0 Å². The molecule has 0 aliphatic rings. The lowest BCUT2D eigenvalue weighted by atomic mass is 10.2. The Morgan fingerprint density at radius 3 is 2.67 bits per heavy atom. The molecule has 0 spiro atoms. The van der Waals surface area contributed by atoms with Crippen molar-refractivity contribution in [3.8, 4) is 0 Å². The monoisotopic (exact) mass is 383 g/mol. The molecule has 3 rings (SSSR count). The number of aryl methyl sites for hydroxylation is 1. The number of amides is 1. The van der Waals surface area contributed by atoms with E-state index in [-0.39, 0.29) is 5.91 Å². The number of aromatic nitrogens is 2. The number of hydrazone groups is 1. The number of hydrogen-bond donors (Lipinski definition) is 2. The Balaban J connectivity index is 1.61. The van der Waals surface area contributed by atoms with Crippen LogP contribution in [0.5, 0.6) is 0 Å². The SMILES string of the molecule is Cc1cc(/C=N\NC(=O)[C@@H](C)Nc2nc3ccccc3s2)c(C)n1C(C)C. The van der Waals surface area contributed by atoms with Crippen molar-refractivity contribution in [2.45, 2.75) is 46.7 Å². The zero-order valence-corrected chi connectivity index (χ0v) is 17.1. The molecule has 1 amide bonds. The van der Waals surface area contributed by atoms with Crippen molar-refractivity contribution in [3.63, 3.8) is 0 Å². The van der Waals surface area contributed by atoms with Gasteiger partial charge in [-0.05, 0) is 52.8 Å². The van der Waals surface area contributed by atoms with Gasteiger partial charge in [0.1, 0.15) is 6.04 Å². The van der Waals surface area contributed by atoms with Crippen molar-refractivity contribution in [1.82, 2.24) is 15.0 Å². The molecular weight excluding hydrogens is 358 g/mol. The van der Waals surface area contributed by atoms with E-state index in [1.165, 1.54) is 17.0 Å². The van der Waals surface area contributed by atoms with Gasteiger partial charge in [-0.3, -0.25) is 4.79 Å². The van der Waals surface area contributed by atoms with Crippen molar-refractivity contribution in [3.05, 3.63) is 47.3 Å². The van der Waals surface area contributed by atoms with E-state index in [0.717, 1.165) is 26.6 Å². The van der Waals surface area contributed by atoms with Crippen LogP contribution in [0, 0.1) is 13.8 Å². The fourth-order valence-corrected chi connectivity index (χ4v) is 4.13. The second kappa shape index (κ2) is 7.92. The van der Waals surface area contributed by atoms with Crippen molar-refractivity contribution < 1.29 is 4.79 Å². The van der Waals surface area contributed by atoms with Crippen LogP contribution >= 0.6 is 11.3 Å². The number of para-hydroxylation sites is 1. The molecule has 0 aliphatic heterocycles. The summed E-state index contributed by atoms with van der Waals surface area (Å²) < 4.78 is 3.34. The molecule has 1 atom stereocenters. The van der Waals surface area contributed by atoms with Crippen LogP contribution in [0.15, 0.2) is 35.4 Å². The molecule has 1 aromatic carbocycles. The summed E-state index contributed by atoms with van der Waals surface area (Å²) in [6.45, 7) is 10.2. The van der Waals surface area contributed by atoms with Crippen LogP contribution < -0.4 is 10.7 Å². The molecule has 3 aromatic rings. The van der Waals surface area contributed by atoms with E-state index in [4.69, 9.17) is 0 Å². The zero-order valence-electron chi connectivity index (χ0n) is 16.3. The molecule has 0 saturated carbocycles. The average molecular weight is 384 g/mol. The summed E-state index contributed by atoms with van der Waals surface area (Å²) in [5, 5.41) is 7.99. The molecule has 0 unspecified atom stereocenters. The van der Waals surface area contributed by atoms with Gasteiger partial charge in [-0.15, -0.1) is 0 Å². The molecule has 2 N–H and O–H groups in total. The van der Waals surface area contributed by atoms with Crippen LogP contribution in [0.25, 0.3) is 10.2 Å². The molecule has 7 heteroatoms. The fraction of sp³-hybridized carbons (Fsp3) is 0.350. The van der Waals surface area contributed by atoms with Gasteiger partial charge < -0.3 is 9.88 Å². The average Bonchev–Trinajstić information content (AvgIpc) is 3.14. The molecule has 142 valence electrons. The first-order valence-corrected chi connectivity index (χ1v) is 9.82. The third-order valence-corrected chi connectivity index (χ3v) is 5.41. The van der Waals surface area contributed by atoms with E-state index in [0.29, 0.717) is 6.04 Å². The number of rotatable bonds is 6. The number of benzene rings is 1. The summed E-state index contributed by atoms with van der Waals surface area (Å²) in [5.41, 5.74) is 6.86. The van der Waals surface area contributed by atoms with Crippen LogP contribution in [-0.2, 0) is 4.79 Å². The number of nitrogens with zero attached hydrogens (tertiary/aromatic N) is 3. The van der Waals surface area contributed by atoms with Crippen molar-refractivity contribution in [2.75, 3.05) is 5.32 Å². The first-order chi connectivity index (χ1) is 12.9. The largest absolute Gasteiger partial charge is 0.350 e. The van der Waals surface area contributed by atoms with Gasteiger partial charge in [0.15, 0.2) is 5.13 Å². The predicted molar refractivity (Wildman–Crippen MR) is 113 cm³/mol. The van der Waals surface area contributed by atoms with Gasteiger partial charge in [0, 0.05) is 23.0 Å². The van der Waals surface area contributed by atoms with Gasteiger partial charge in [-0.2, -0.15) is 5.10 Å². The number of thiazole rings is 1. The molecule has 6 nitrogen and oxygen atoms in total. The minimum Gasteiger partial charge on any atom is -0.350 e. The van der Waals surface area contributed by atoms with Crippen molar-refractivity contribution in [1.29, 1.82) is 0 Å². The third-order valence-electron chi connectivity index (χ3n) is 4.45. The highest BCUT2D eigenvalue weighted by Gasteiger charge is 2.14. The molecule has 0 aliphatic carbocycles. The molecule has 0 bridgehead atoms. The normalized spacial score (nSPS) is 12.8. The lowest BCUT2D eigenvalue weighted by Gasteiger charge is -2.13. The zero-order chi connectivity index (χ0) is 19.6. The summed E-state index contributed by atoms with van der Waals surface area (Å²) in [5.74, 6) is -0.205. The van der Waals surface area contributed by atoms with E-state index in [2.05, 4.69) is 59.2 Å². The van der Waals surface area contributed by atoms with E-state index >= 15 is 0 Å². The number of anilines is 1. The van der Waals surface area contributed by atoms with E-state index in [9.17, 15) is 4.79 Å². The highest BCUT2D eigenvalue weighted by Crippen LogP contribution is 2.25. The summed E-state index contributed by atoms with van der Waals surface area (Å²) in [4.78, 5) is 16.8. The molecule has 0 fully saturated rings. The minimum absolute atomic E-state index is 0.205. The molecule has 2 heterocycles. The number of hydrogen-bond acceptors (Lipinski definition) is 5. The summed E-state index contributed by atoms with van der Waals surface area (Å²) in [6, 6.07) is 9.93.